The molecule has 104 valence electrons. The number of nitrogens with zero attached hydrogens (tertiary/aromatic N) is 3. The van der Waals surface area contributed by atoms with E-state index in [9.17, 15) is 0 Å². The molecule has 0 spiro atoms. The molecule has 0 aromatic carbocycles. The minimum atomic E-state index is 0.369. The zero-order chi connectivity index (χ0) is 13.4. The third-order valence-electron chi connectivity index (χ3n) is 3.03. The Morgan fingerprint density at radius 1 is 1.33 bits per heavy atom. The maximum atomic E-state index is 4.55. The largest absolute Gasteiger partial charge is 0.334 e. The van der Waals surface area contributed by atoms with Crippen LogP contribution in [0.25, 0.3) is 0 Å². The van der Waals surface area contributed by atoms with Gasteiger partial charge in [-0.25, -0.2) is 4.98 Å². The molecular formula is C14H28N4. The van der Waals surface area contributed by atoms with E-state index in [1.165, 1.54) is 5.82 Å². The molecule has 0 aliphatic rings. The molecule has 0 amide bonds. The van der Waals surface area contributed by atoms with Gasteiger partial charge < -0.3 is 14.8 Å². The second kappa shape index (κ2) is 8.27. The molecule has 18 heavy (non-hydrogen) atoms. The molecule has 4 nitrogen and oxygen atoms in total. The Morgan fingerprint density at radius 3 is 2.72 bits per heavy atom. The topological polar surface area (TPSA) is 33.1 Å². The minimum Gasteiger partial charge on any atom is -0.334 e. The van der Waals surface area contributed by atoms with Gasteiger partial charge >= 0.3 is 0 Å². The van der Waals surface area contributed by atoms with Crippen molar-refractivity contribution in [1.29, 1.82) is 0 Å². The Labute approximate surface area is 111 Å². The van der Waals surface area contributed by atoms with Crippen LogP contribution in [-0.2, 0) is 6.54 Å². The molecular weight excluding hydrogens is 224 g/mol. The predicted molar refractivity (Wildman–Crippen MR) is 76.7 cm³/mol. The Kier molecular flexibility index (Phi) is 6.98. The van der Waals surface area contributed by atoms with Crippen LogP contribution >= 0.6 is 0 Å². The first-order valence-corrected chi connectivity index (χ1v) is 7.08. The molecule has 0 bridgehead atoms. The van der Waals surface area contributed by atoms with E-state index in [1.807, 2.05) is 6.20 Å². The zero-order valence-corrected chi connectivity index (χ0v) is 12.3. The minimum absolute atomic E-state index is 0.369. The maximum absolute atomic E-state index is 4.55. The highest BCUT2D eigenvalue weighted by Crippen LogP contribution is 2.16. The number of hydrogen-bond acceptors (Lipinski definition) is 3. The number of rotatable bonds is 9. The first-order valence-electron chi connectivity index (χ1n) is 7.08. The fraction of sp³-hybridized carbons (Fsp3) is 0.786. The van der Waals surface area contributed by atoms with Gasteiger partial charge in [-0.2, -0.15) is 0 Å². The lowest BCUT2D eigenvalue weighted by atomic mass is 10.1. The number of imidazole rings is 1. The molecule has 1 aromatic heterocycles. The lowest BCUT2D eigenvalue weighted by Crippen LogP contribution is -2.28. The average molecular weight is 252 g/mol. The summed E-state index contributed by atoms with van der Waals surface area (Å²) in [5.74, 6) is 1.19. The van der Waals surface area contributed by atoms with Crippen molar-refractivity contribution in [3.8, 4) is 0 Å². The van der Waals surface area contributed by atoms with Crippen LogP contribution in [0.1, 0.15) is 45.0 Å². The summed E-state index contributed by atoms with van der Waals surface area (Å²) in [6.07, 6.45) is 7.43. The van der Waals surface area contributed by atoms with Crippen LogP contribution in [0.4, 0.5) is 0 Å². The first kappa shape index (κ1) is 15.2. The predicted octanol–water partition coefficient (Wildman–Crippen LogP) is 2.29. The summed E-state index contributed by atoms with van der Waals surface area (Å²) in [6, 6.07) is 0.369. The highest BCUT2D eigenvalue weighted by atomic mass is 15.1. The van der Waals surface area contributed by atoms with Crippen LogP contribution < -0.4 is 5.32 Å². The number of aromatic nitrogens is 2. The second-order valence-corrected chi connectivity index (χ2v) is 5.08. The van der Waals surface area contributed by atoms with E-state index in [0.29, 0.717) is 6.04 Å². The second-order valence-electron chi connectivity index (χ2n) is 5.08. The highest BCUT2D eigenvalue weighted by Gasteiger charge is 2.16. The highest BCUT2D eigenvalue weighted by molar-refractivity contribution is 4.99. The first-order chi connectivity index (χ1) is 8.69. The number of aryl methyl sites for hydroxylation is 1. The van der Waals surface area contributed by atoms with E-state index < -0.39 is 0 Å². The standard InChI is InChI=1S/C14H28N4/c1-5-8-15-13(7-11-17(3)4)14-16-9-12-18(14)10-6-2/h9,12-13,15H,5-8,10-11H2,1-4H3. The van der Waals surface area contributed by atoms with E-state index in [1.54, 1.807) is 0 Å². The summed E-state index contributed by atoms with van der Waals surface area (Å²) in [7, 11) is 4.24. The van der Waals surface area contributed by atoms with Crippen molar-refractivity contribution < 1.29 is 0 Å². The summed E-state index contributed by atoms with van der Waals surface area (Å²) >= 11 is 0. The monoisotopic (exact) mass is 252 g/mol. The quantitative estimate of drug-likeness (QED) is 0.732. The molecule has 0 radical (unpaired) electrons. The lowest BCUT2D eigenvalue weighted by Gasteiger charge is -2.21. The summed E-state index contributed by atoms with van der Waals surface area (Å²) in [5.41, 5.74) is 0. The molecule has 0 aliphatic heterocycles. The fourth-order valence-corrected chi connectivity index (χ4v) is 2.09. The Hall–Kier alpha value is -0.870. The van der Waals surface area contributed by atoms with E-state index in [4.69, 9.17) is 0 Å². The van der Waals surface area contributed by atoms with E-state index in [0.717, 1.165) is 38.9 Å². The molecule has 1 aromatic rings. The van der Waals surface area contributed by atoms with Crippen LogP contribution in [0, 0.1) is 0 Å². The normalized spacial score (nSPS) is 13.2. The summed E-state index contributed by atoms with van der Waals surface area (Å²) in [4.78, 5) is 6.78. The maximum Gasteiger partial charge on any atom is 0.125 e. The van der Waals surface area contributed by atoms with Crippen molar-refractivity contribution in [2.75, 3.05) is 27.2 Å². The average Bonchev–Trinajstić information content (AvgIpc) is 2.78. The summed E-state index contributed by atoms with van der Waals surface area (Å²) < 4.78 is 2.28. The summed E-state index contributed by atoms with van der Waals surface area (Å²) in [6.45, 7) is 7.60. The Morgan fingerprint density at radius 2 is 2.11 bits per heavy atom. The van der Waals surface area contributed by atoms with Gasteiger partial charge in [0.25, 0.3) is 0 Å². The van der Waals surface area contributed by atoms with Gasteiger partial charge in [0.15, 0.2) is 0 Å². The van der Waals surface area contributed by atoms with Crippen molar-refractivity contribution in [3.63, 3.8) is 0 Å². The SMILES string of the molecule is CCCNC(CCN(C)C)c1nccn1CCC. The van der Waals surface area contributed by atoms with E-state index >= 15 is 0 Å². The van der Waals surface area contributed by atoms with Crippen LogP contribution in [0.3, 0.4) is 0 Å². The molecule has 1 rings (SSSR count). The van der Waals surface area contributed by atoms with Crippen LogP contribution in [-0.4, -0.2) is 41.6 Å². The van der Waals surface area contributed by atoms with Gasteiger partial charge in [-0.1, -0.05) is 13.8 Å². The van der Waals surface area contributed by atoms with Crippen molar-refractivity contribution in [2.45, 2.75) is 45.7 Å². The molecule has 1 N–H and O–H groups in total. The van der Waals surface area contributed by atoms with Crippen molar-refractivity contribution in [3.05, 3.63) is 18.2 Å². The molecule has 0 saturated heterocycles. The molecule has 0 aliphatic carbocycles. The van der Waals surface area contributed by atoms with Crippen molar-refractivity contribution in [2.24, 2.45) is 0 Å². The van der Waals surface area contributed by atoms with Gasteiger partial charge in [0.2, 0.25) is 0 Å². The van der Waals surface area contributed by atoms with Gasteiger partial charge in [0.1, 0.15) is 5.82 Å². The van der Waals surface area contributed by atoms with Gasteiger partial charge in [-0.15, -0.1) is 0 Å². The van der Waals surface area contributed by atoms with Crippen molar-refractivity contribution >= 4 is 0 Å². The van der Waals surface area contributed by atoms with Gasteiger partial charge in [0.05, 0.1) is 6.04 Å². The van der Waals surface area contributed by atoms with Gasteiger partial charge in [0, 0.05) is 18.9 Å². The van der Waals surface area contributed by atoms with Crippen LogP contribution in [0.2, 0.25) is 0 Å². The van der Waals surface area contributed by atoms with Gasteiger partial charge in [-0.3, -0.25) is 0 Å². The van der Waals surface area contributed by atoms with E-state index in [-0.39, 0.29) is 0 Å². The third-order valence-corrected chi connectivity index (χ3v) is 3.03. The fourth-order valence-electron chi connectivity index (χ4n) is 2.09. The zero-order valence-electron chi connectivity index (χ0n) is 12.3. The lowest BCUT2D eigenvalue weighted by molar-refractivity contribution is 0.350. The molecule has 1 atom stereocenters. The Bertz CT molecular complexity index is 319. The number of hydrogen-bond donors (Lipinski definition) is 1. The smallest absolute Gasteiger partial charge is 0.125 e. The summed E-state index contributed by atoms with van der Waals surface area (Å²) in [5, 5.41) is 3.62. The van der Waals surface area contributed by atoms with Crippen LogP contribution in [0.15, 0.2) is 12.4 Å². The van der Waals surface area contributed by atoms with E-state index in [2.05, 4.69) is 53.9 Å². The van der Waals surface area contributed by atoms with Crippen LogP contribution in [0.5, 0.6) is 0 Å². The van der Waals surface area contributed by atoms with Crippen molar-refractivity contribution in [1.82, 2.24) is 19.8 Å². The molecule has 1 heterocycles. The number of nitrogens with one attached hydrogen (secondary N) is 1. The Balaban J connectivity index is 2.69. The van der Waals surface area contributed by atoms with Gasteiger partial charge in [-0.05, 0) is 46.4 Å². The molecule has 4 heteroatoms. The molecule has 0 saturated carbocycles. The molecule has 0 fully saturated rings. The molecule has 1 unspecified atom stereocenters. The third kappa shape index (κ3) is 4.78.